The summed E-state index contributed by atoms with van der Waals surface area (Å²) >= 11 is 0.737. The molecule has 0 aromatic heterocycles. The van der Waals surface area contributed by atoms with Crippen LogP contribution in [0.1, 0.15) is 62.8 Å². The minimum Gasteiger partial charge on any atom is -0.507 e. The van der Waals surface area contributed by atoms with E-state index in [4.69, 9.17) is 0 Å². The van der Waals surface area contributed by atoms with Gasteiger partial charge in [-0.3, -0.25) is 14.9 Å². The highest BCUT2D eigenvalue weighted by Gasteiger charge is 2.38. The largest absolute Gasteiger partial charge is 0.507 e. The van der Waals surface area contributed by atoms with Gasteiger partial charge in [-0.2, -0.15) is 0 Å². The van der Waals surface area contributed by atoms with Gasteiger partial charge in [-0.15, -0.1) is 0 Å². The van der Waals surface area contributed by atoms with Crippen LogP contribution in [0.25, 0.3) is 17.2 Å². The number of carbonyl (C=O) groups excluding carboxylic acids is 2. The molecule has 2 aliphatic rings. The van der Waals surface area contributed by atoms with Crippen LogP contribution in [0.3, 0.4) is 0 Å². The molecule has 4 nitrogen and oxygen atoms in total. The third-order valence-corrected chi connectivity index (χ3v) is 7.36. The molecule has 0 saturated carbocycles. The Hall–Kier alpha value is -2.60. The maximum atomic E-state index is 15.6. The maximum Gasteiger partial charge on any atom is 0.290 e. The smallest absolute Gasteiger partial charge is 0.290 e. The standard InChI is InChI=1S/C25H26FNO3S/c1-13-10-16-17(25(4,5)9-8-24(16,2)3)12-15(13)20-18(28)7-6-14(21(20)26)11-19-22(29)27-23(30)31-19/h6-7,10-12,28H,8-9H2,1-5H3,(H,27,29,30). The van der Waals surface area contributed by atoms with E-state index >= 15 is 4.39 Å². The third kappa shape index (κ3) is 3.67. The zero-order chi connectivity index (χ0) is 22.7. The van der Waals surface area contributed by atoms with Gasteiger partial charge in [0.15, 0.2) is 0 Å². The molecular formula is C25H26FNO3S. The van der Waals surface area contributed by atoms with E-state index in [1.807, 2.05) is 13.0 Å². The van der Waals surface area contributed by atoms with E-state index in [9.17, 15) is 14.7 Å². The van der Waals surface area contributed by atoms with Crippen LogP contribution in [0.15, 0.2) is 29.2 Å². The normalized spacial score (nSPS) is 20.6. The Kier molecular flexibility index (Phi) is 5.04. The molecule has 1 saturated heterocycles. The molecule has 0 bridgehead atoms. The predicted octanol–water partition coefficient (Wildman–Crippen LogP) is 6.18. The van der Waals surface area contributed by atoms with Crippen molar-refractivity contribution < 1.29 is 19.1 Å². The number of amides is 2. The summed E-state index contributed by atoms with van der Waals surface area (Å²) in [4.78, 5) is 23.4. The monoisotopic (exact) mass is 439 g/mol. The average Bonchev–Trinajstić information content (AvgIpc) is 2.99. The molecule has 1 aliphatic carbocycles. The molecule has 2 aromatic carbocycles. The van der Waals surface area contributed by atoms with Crippen LogP contribution in [-0.2, 0) is 15.6 Å². The summed E-state index contributed by atoms with van der Waals surface area (Å²) in [5, 5.41) is 12.3. The second-order valence-corrected chi connectivity index (χ2v) is 10.7. The Morgan fingerprint density at radius 2 is 1.68 bits per heavy atom. The van der Waals surface area contributed by atoms with Gasteiger partial charge in [-0.1, -0.05) is 33.8 Å². The molecule has 1 heterocycles. The lowest BCUT2D eigenvalue weighted by atomic mass is 9.62. The molecular weight excluding hydrogens is 413 g/mol. The lowest BCUT2D eigenvalue weighted by Gasteiger charge is -2.42. The highest BCUT2D eigenvalue weighted by Crippen LogP contribution is 2.48. The molecule has 31 heavy (non-hydrogen) atoms. The van der Waals surface area contributed by atoms with Gasteiger partial charge in [0.05, 0.1) is 10.5 Å². The number of benzene rings is 2. The van der Waals surface area contributed by atoms with Crippen LogP contribution in [0.5, 0.6) is 5.75 Å². The van der Waals surface area contributed by atoms with Gasteiger partial charge in [0, 0.05) is 5.56 Å². The zero-order valence-electron chi connectivity index (χ0n) is 18.4. The second-order valence-electron chi connectivity index (χ2n) is 9.70. The Balaban J connectivity index is 1.91. The molecule has 4 rings (SSSR count). The summed E-state index contributed by atoms with van der Waals surface area (Å²) in [7, 11) is 0. The minimum atomic E-state index is -0.615. The molecule has 0 atom stereocenters. The van der Waals surface area contributed by atoms with Crippen LogP contribution in [0.2, 0.25) is 0 Å². The van der Waals surface area contributed by atoms with E-state index in [0.717, 1.165) is 30.2 Å². The van der Waals surface area contributed by atoms with Gasteiger partial charge in [0.25, 0.3) is 11.1 Å². The van der Waals surface area contributed by atoms with Crippen molar-refractivity contribution >= 4 is 29.0 Å². The first-order chi connectivity index (χ1) is 14.4. The summed E-state index contributed by atoms with van der Waals surface area (Å²) in [6, 6.07) is 6.98. The SMILES string of the molecule is Cc1cc2c(cc1-c1c(O)ccc(C=C3SC(=O)NC3=O)c1F)C(C)(C)CCC2(C)C. The van der Waals surface area contributed by atoms with Crippen molar-refractivity contribution in [2.24, 2.45) is 0 Å². The number of rotatable bonds is 2. The molecule has 1 fully saturated rings. The number of imide groups is 1. The topological polar surface area (TPSA) is 66.4 Å². The second kappa shape index (κ2) is 7.23. The number of hydrogen-bond donors (Lipinski definition) is 2. The van der Waals surface area contributed by atoms with Crippen LogP contribution < -0.4 is 5.32 Å². The number of halogens is 1. The van der Waals surface area contributed by atoms with E-state index in [2.05, 4.69) is 39.1 Å². The number of aromatic hydroxyl groups is 1. The van der Waals surface area contributed by atoms with Crippen LogP contribution in [0, 0.1) is 12.7 Å². The highest BCUT2D eigenvalue weighted by atomic mass is 32.2. The number of fused-ring (bicyclic) bond motifs is 1. The van der Waals surface area contributed by atoms with Crippen molar-refractivity contribution in [3.63, 3.8) is 0 Å². The minimum absolute atomic E-state index is 0.0284. The Bertz CT molecular complexity index is 1160. The van der Waals surface area contributed by atoms with Crippen molar-refractivity contribution in [2.75, 3.05) is 0 Å². The fraction of sp³-hybridized carbons (Fsp3) is 0.360. The van der Waals surface area contributed by atoms with E-state index in [0.29, 0.717) is 5.56 Å². The summed E-state index contributed by atoms with van der Waals surface area (Å²) in [5.41, 5.74) is 4.19. The van der Waals surface area contributed by atoms with Gasteiger partial charge < -0.3 is 5.11 Å². The van der Waals surface area contributed by atoms with E-state index in [1.165, 1.54) is 29.3 Å². The van der Waals surface area contributed by atoms with Crippen molar-refractivity contribution in [3.05, 3.63) is 57.2 Å². The summed E-state index contributed by atoms with van der Waals surface area (Å²) in [6.07, 6.45) is 3.45. The number of phenolic OH excluding ortho intramolecular Hbond substituents is 1. The fourth-order valence-electron chi connectivity index (χ4n) is 4.50. The molecule has 2 aromatic rings. The highest BCUT2D eigenvalue weighted by molar-refractivity contribution is 8.18. The summed E-state index contributed by atoms with van der Waals surface area (Å²) in [6.45, 7) is 10.8. The third-order valence-electron chi connectivity index (χ3n) is 6.55. The zero-order valence-corrected chi connectivity index (χ0v) is 19.2. The Morgan fingerprint density at radius 1 is 1.06 bits per heavy atom. The number of thioether (sulfide) groups is 1. The van der Waals surface area contributed by atoms with Gasteiger partial charge in [-0.05, 0) is 88.9 Å². The molecule has 1 aliphatic heterocycles. The first-order valence-electron chi connectivity index (χ1n) is 10.3. The molecule has 6 heteroatoms. The molecule has 0 radical (unpaired) electrons. The number of nitrogens with one attached hydrogen (secondary N) is 1. The molecule has 0 spiro atoms. The average molecular weight is 440 g/mol. The van der Waals surface area contributed by atoms with E-state index < -0.39 is 17.0 Å². The summed E-state index contributed by atoms with van der Waals surface area (Å²) in [5.74, 6) is -1.32. The maximum absolute atomic E-state index is 15.6. The van der Waals surface area contributed by atoms with Crippen LogP contribution in [0.4, 0.5) is 9.18 Å². The Labute approximate surface area is 185 Å². The van der Waals surface area contributed by atoms with Gasteiger partial charge >= 0.3 is 0 Å². The molecule has 2 amide bonds. The van der Waals surface area contributed by atoms with Crippen molar-refractivity contribution in [1.29, 1.82) is 0 Å². The number of carbonyl (C=O) groups is 2. The number of aryl methyl sites for hydroxylation is 1. The first-order valence-corrected chi connectivity index (χ1v) is 11.1. The van der Waals surface area contributed by atoms with Gasteiger partial charge in [0.2, 0.25) is 0 Å². The van der Waals surface area contributed by atoms with Gasteiger partial charge in [0.1, 0.15) is 11.6 Å². The van der Waals surface area contributed by atoms with Crippen molar-refractivity contribution in [2.45, 2.75) is 58.3 Å². The lowest BCUT2D eigenvalue weighted by Crippen LogP contribution is -2.34. The molecule has 2 N–H and O–H groups in total. The number of hydrogen-bond acceptors (Lipinski definition) is 4. The van der Waals surface area contributed by atoms with E-state index in [1.54, 1.807) is 0 Å². The molecule has 0 unspecified atom stereocenters. The van der Waals surface area contributed by atoms with Gasteiger partial charge in [-0.25, -0.2) is 4.39 Å². The quantitative estimate of drug-likeness (QED) is 0.549. The van der Waals surface area contributed by atoms with E-state index in [-0.39, 0.29) is 32.6 Å². The Morgan fingerprint density at radius 3 is 2.26 bits per heavy atom. The first kappa shape index (κ1) is 21.6. The number of phenols is 1. The summed E-state index contributed by atoms with van der Waals surface area (Å²) < 4.78 is 15.6. The fourth-order valence-corrected chi connectivity index (χ4v) is 5.18. The van der Waals surface area contributed by atoms with Crippen molar-refractivity contribution in [1.82, 2.24) is 5.32 Å². The van der Waals surface area contributed by atoms with Crippen molar-refractivity contribution in [3.8, 4) is 16.9 Å². The predicted molar refractivity (Wildman–Crippen MR) is 123 cm³/mol. The molecule has 162 valence electrons. The lowest BCUT2D eigenvalue weighted by molar-refractivity contribution is -0.115. The van der Waals surface area contributed by atoms with Crippen LogP contribution in [-0.4, -0.2) is 16.3 Å². The van der Waals surface area contributed by atoms with Crippen LogP contribution >= 0.6 is 11.8 Å².